The number of Topliss-reactive ketones (excluding diaryl/α,β-unsaturated/α-hetero) is 1. The van der Waals surface area contributed by atoms with Crippen molar-refractivity contribution < 1.29 is 27.1 Å². The molecule has 0 saturated carbocycles. The summed E-state index contributed by atoms with van der Waals surface area (Å²) in [4.78, 5) is 10.8. The Kier molecular flexibility index (Phi) is 5.04. The standard InChI is InChI=1S/C8H12F4O2/c1-3-6(13)5(2)14-4-8(11,12)7(9)10/h5,7H,3-4H2,1-2H3. The normalized spacial score (nSPS) is 14.5. The van der Waals surface area contributed by atoms with E-state index in [-0.39, 0.29) is 6.42 Å². The van der Waals surface area contributed by atoms with Crippen LogP contribution < -0.4 is 0 Å². The van der Waals surface area contributed by atoms with Crippen LogP contribution in [0.2, 0.25) is 0 Å². The molecule has 0 aromatic heterocycles. The van der Waals surface area contributed by atoms with Crippen LogP contribution in [-0.2, 0) is 9.53 Å². The number of halogens is 4. The first-order valence-corrected chi connectivity index (χ1v) is 4.11. The van der Waals surface area contributed by atoms with Gasteiger partial charge in [-0.1, -0.05) is 6.92 Å². The van der Waals surface area contributed by atoms with Crippen molar-refractivity contribution in [1.29, 1.82) is 0 Å². The van der Waals surface area contributed by atoms with E-state index in [1.165, 1.54) is 13.8 Å². The predicted molar refractivity (Wildman–Crippen MR) is 41.7 cm³/mol. The maximum atomic E-state index is 12.3. The molecule has 1 unspecified atom stereocenters. The number of carbonyl (C=O) groups is 1. The molecule has 14 heavy (non-hydrogen) atoms. The summed E-state index contributed by atoms with van der Waals surface area (Å²) in [6.07, 6.45) is -4.71. The molecule has 0 bridgehead atoms. The molecule has 0 amide bonds. The Hall–Kier alpha value is -0.650. The van der Waals surface area contributed by atoms with Crippen LogP contribution in [0.25, 0.3) is 0 Å². The van der Waals surface area contributed by atoms with Gasteiger partial charge in [-0.2, -0.15) is 8.78 Å². The molecule has 1 atom stereocenters. The zero-order chi connectivity index (χ0) is 11.4. The summed E-state index contributed by atoms with van der Waals surface area (Å²) in [6, 6.07) is 0. The number of alkyl halides is 4. The average Bonchev–Trinajstić information content (AvgIpc) is 2.12. The van der Waals surface area contributed by atoms with Crippen molar-refractivity contribution in [3.05, 3.63) is 0 Å². The summed E-state index contributed by atoms with van der Waals surface area (Å²) in [5, 5.41) is 0. The van der Waals surface area contributed by atoms with Gasteiger partial charge in [-0.15, -0.1) is 0 Å². The van der Waals surface area contributed by atoms with Crippen LogP contribution in [0.15, 0.2) is 0 Å². The molecular weight excluding hydrogens is 204 g/mol. The quantitative estimate of drug-likeness (QED) is 0.636. The summed E-state index contributed by atoms with van der Waals surface area (Å²) >= 11 is 0. The maximum absolute atomic E-state index is 12.3. The van der Waals surface area contributed by atoms with E-state index in [9.17, 15) is 22.4 Å². The smallest absolute Gasteiger partial charge is 0.330 e. The fourth-order valence-corrected chi connectivity index (χ4v) is 0.680. The SMILES string of the molecule is CCC(=O)C(C)OCC(F)(F)C(F)F. The number of ether oxygens (including phenoxy) is 1. The van der Waals surface area contributed by atoms with Crippen LogP contribution in [0.1, 0.15) is 20.3 Å². The van der Waals surface area contributed by atoms with Gasteiger partial charge in [0, 0.05) is 6.42 Å². The van der Waals surface area contributed by atoms with Gasteiger partial charge in [0.2, 0.25) is 0 Å². The second-order valence-electron chi connectivity index (χ2n) is 2.83. The molecule has 0 aromatic rings. The van der Waals surface area contributed by atoms with Gasteiger partial charge >= 0.3 is 12.3 Å². The van der Waals surface area contributed by atoms with Crippen molar-refractivity contribution in [3.8, 4) is 0 Å². The van der Waals surface area contributed by atoms with Gasteiger partial charge < -0.3 is 4.74 Å². The minimum absolute atomic E-state index is 0.126. The minimum Gasteiger partial charge on any atom is -0.364 e. The van der Waals surface area contributed by atoms with E-state index in [0.29, 0.717) is 0 Å². The molecule has 0 rings (SSSR count). The van der Waals surface area contributed by atoms with Gasteiger partial charge in [0.1, 0.15) is 12.7 Å². The average molecular weight is 216 g/mol. The Balaban J connectivity index is 3.99. The van der Waals surface area contributed by atoms with E-state index < -0.39 is 30.8 Å². The van der Waals surface area contributed by atoms with E-state index >= 15 is 0 Å². The van der Waals surface area contributed by atoms with Crippen molar-refractivity contribution in [1.82, 2.24) is 0 Å². The zero-order valence-corrected chi connectivity index (χ0v) is 7.90. The topological polar surface area (TPSA) is 26.3 Å². The fourth-order valence-electron chi connectivity index (χ4n) is 0.680. The van der Waals surface area contributed by atoms with Crippen LogP contribution in [0, 0.1) is 0 Å². The van der Waals surface area contributed by atoms with E-state index in [2.05, 4.69) is 4.74 Å². The summed E-state index contributed by atoms with van der Waals surface area (Å²) in [5.74, 6) is -4.59. The van der Waals surface area contributed by atoms with E-state index in [1.807, 2.05) is 0 Å². The predicted octanol–water partition coefficient (Wildman–Crippen LogP) is 2.27. The highest BCUT2D eigenvalue weighted by Crippen LogP contribution is 2.23. The third kappa shape index (κ3) is 4.04. The molecule has 0 aromatic carbocycles. The second kappa shape index (κ2) is 5.29. The van der Waals surface area contributed by atoms with Gasteiger partial charge in [-0.3, -0.25) is 4.79 Å². The highest BCUT2D eigenvalue weighted by molar-refractivity contribution is 5.82. The van der Waals surface area contributed by atoms with Crippen LogP contribution in [-0.4, -0.2) is 30.8 Å². The fraction of sp³-hybridized carbons (Fsp3) is 0.875. The molecule has 2 nitrogen and oxygen atoms in total. The molecule has 0 heterocycles. The lowest BCUT2D eigenvalue weighted by Gasteiger charge is -2.17. The third-order valence-electron chi connectivity index (χ3n) is 1.65. The van der Waals surface area contributed by atoms with Crippen molar-refractivity contribution >= 4 is 5.78 Å². The molecule has 0 fully saturated rings. The molecule has 0 aliphatic carbocycles. The van der Waals surface area contributed by atoms with Crippen molar-refractivity contribution in [2.75, 3.05) is 6.61 Å². The maximum Gasteiger partial charge on any atom is 0.330 e. The Labute approximate surface area is 79.2 Å². The summed E-state index contributed by atoms with van der Waals surface area (Å²) in [5.41, 5.74) is 0. The Morgan fingerprint density at radius 3 is 2.29 bits per heavy atom. The summed E-state index contributed by atoms with van der Waals surface area (Å²) in [7, 11) is 0. The second-order valence-corrected chi connectivity index (χ2v) is 2.83. The van der Waals surface area contributed by atoms with Crippen LogP contribution in [0.5, 0.6) is 0 Å². The monoisotopic (exact) mass is 216 g/mol. The molecular formula is C8H12F4O2. The molecule has 0 aliphatic rings. The van der Waals surface area contributed by atoms with Crippen molar-refractivity contribution in [2.45, 2.75) is 38.7 Å². The number of hydrogen-bond acceptors (Lipinski definition) is 2. The van der Waals surface area contributed by atoms with Crippen molar-refractivity contribution in [2.24, 2.45) is 0 Å². The molecule has 0 spiro atoms. The molecule has 0 radical (unpaired) electrons. The Morgan fingerprint density at radius 2 is 1.93 bits per heavy atom. The first-order valence-electron chi connectivity index (χ1n) is 4.11. The molecule has 0 aliphatic heterocycles. The van der Waals surface area contributed by atoms with Crippen LogP contribution in [0.4, 0.5) is 17.6 Å². The van der Waals surface area contributed by atoms with Gasteiger partial charge in [0.25, 0.3) is 0 Å². The molecule has 84 valence electrons. The Bertz CT molecular complexity index is 194. The van der Waals surface area contributed by atoms with Gasteiger partial charge in [0.15, 0.2) is 5.78 Å². The summed E-state index contributed by atoms with van der Waals surface area (Å²) < 4.78 is 52.2. The molecule has 0 saturated heterocycles. The lowest BCUT2D eigenvalue weighted by molar-refractivity contribution is -0.177. The highest BCUT2D eigenvalue weighted by atomic mass is 19.3. The van der Waals surface area contributed by atoms with Crippen LogP contribution in [0.3, 0.4) is 0 Å². The first-order chi connectivity index (χ1) is 6.31. The molecule has 6 heteroatoms. The lowest BCUT2D eigenvalue weighted by atomic mass is 10.2. The first kappa shape index (κ1) is 13.4. The van der Waals surface area contributed by atoms with E-state index in [1.54, 1.807) is 0 Å². The summed E-state index contributed by atoms with van der Waals surface area (Å²) in [6.45, 7) is 1.36. The van der Waals surface area contributed by atoms with Crippen molar-refractivity contribution in [3.63, 3.8) is 0 Å². The van der Waals surface area contributed by atoms with Crippen LogP contribution >= 0.6 is 0 Å². The van der Waals surface area contributed by atoms with Gasteiger partial charge in [-0.05, 0) is 6.92 Å². The van der Waals surface area contributed by atoms with Gasteiger partial charge in [-0.25, -0.2) is 8.78 Å². The highest BCUT2D eigenvalue weighted by Gasteiger charge is 2.41. The number of ketones is 1. The van der Waals surface area contributed by atoms with E-state index in [0.717, 1.165) is 0 Å². The number of hydrogen-bond donors (Lipinski definition) is 0. The van der Waals surface area contributed by atoms with E-state index in [4.69, 9.17) is 0 Å². The molecule has 0 N–H and O–H groups in total. The lowest BCUT2D eigenvalue weighted by Crippen LogP contribution is -2.35. The Morgan fingerprint density at radius 1 is 1.43 bits per heavy atom. The number of carbonyl (C=O) groups excluding carboxylic acids is 1. The largest absolute Gasteiger partial charge is 0.364 e. The number of rotatable bonds is 6. The van der Waals surface area contributed by atoms with Gasteiger partial charge in [0.05, 0.1) is 0 Å². The third-order valence-corrected chi connectivity index (χ3v) is 1.65. The minimum atomic E-state index is -4.19. The zero-order valence-electron chi connectivity index (χ0n) is 7.90.